The number of anilines is 1. The second-order valence-electron chi connectivity index (χ2n) is 7.05. The van der Waals surface area contributed by atoms with E-state index in [1.807, 2.05) is 7.05 Å². The van der Waals surface area contributed by atoms with E-state index in [2.05, 4.69) is 21.8 Å². The predicted molar refractivity (Wildman–Crippen MR) is 101 cm³/mol. The van der Waals surface area contributed by atoms with Crippen LogP contribution in [0, 0.1) is 11.7 Å². The number of aromatic nitrogens is 1. The van der Waals surface area contributed by atoms with Gasteiger partial charge in [-0.25, -0.2) is 9.18 Å². The Bertz CT molecular complexity index is 796. The molecule has 26 heavy (non-hydrogen) atoms. The zero-order valence-corrected chi connectivity index (χ0v) is 15.7. The third kappa shape index (κ3) is 3.96. The molecule has 0 N–H and O–H groups in total. The van der Waals surface area contributed by atoms with Gasteiger partial charge in [0.05, 0.1) is 17.8 Å². The van der Waals surface area contributed by atoms with Gasteiger partial charge >= 0.3 is 5.97 Å². The quantitative estimate of drug-likeness (QED) is 0.767. The molecule has 3 rings (SSSR count). The van der Waals surface area contributed by atoms with Gasteiger partial charge in [-0.3, -0.25) is 4.98 Å². The van der Waals surface area contributed by atoms with E-state index >= 15 is 0 Å². The summed E-state index contributed by atoms with van der Waals surface area (Å²) in [5.41, 5.74) is 1.75. The van der Waals surface area contributed by atoms with E-state index in [1.165, 1.54) is 24.8 Å². The summed E-state index contributed by atoms with van der Waals surface area (Å²) < 4.78 is 19.1. The van der Waals surface area contributed by atoms with Gasteiger partial charge in [-0.05, 0) is 57.5 Å². The van der Waals surface area contributed by atoms with Crippen molar-refractivity contribution in [2.45, 2.75) is 19.8 Å². The van der Waals surface area contributed by atoms with Crippen molar-refractivity contribution in [3.63, 3.8) is 0 Å². The van der Waals surface area contributed by atoms with E-state index in [1.54, 1.807) is 13.0 Å². The first-order chi connectivity index (χ1) is 12.5. The monoisotopic (exact) mass is 359 g/mol. The van der Waals surface area contributed by atoms with Crippen molar-refractivity contribution in [2.75, 3.05) is 45.2 Å². The highest BCUT2D eigenvalue weighted by Gasteiger charge is 2.24. The Morgan fingerprint density at radius 1 is 1.46 bits per heavy atom. The van der Waals surface area contributed by atoms with E-state index < -0.39 is 5.97 Å². The predicted octanol–water partition coefficient (Wildman–Crippen LogP) is 3.33. The summed E-state index contributed by atoms with van der Waals surface area (Å²) in [6, 6.07) is 4.48. The molecule has 1 aliphatic rings. The van der Waals surface area contributed by atoms with Gasteiger partial charge in [0, 0.05) is 31.7 Å². The average Bonchev–Trinajstić information content (AvgIpc) is 2.60. The Hall–Kier alpha value is -2.21. The minimum atomic E-state index is -0.422. The van der Waals surface area contributed by atoms with Gasteiger partial charge in [0.25, 0.3) is 0 Å². The third-order valence-corrected chi connectivity index (χ3v) is 4.93. The molecular formula is C20H26FN3O2. The van der Waals surface area contributed by atoms with Gasteiger partial charge in [-0.2, -0.15) is 0 Å². The number of ether oxygens (including phenoxy) is 1. The highest BCUT2D eigenvalue weighted by Crippen LogP contribution is 2.31. The number of carbonyl (C=O) groups excluding carboxylic acids is 1. The molecule has 0 spiro atoms. The van der Waals surface area contributed by atoms with Gasteiger partial charge in [0.15, 0.2) is 0 Å². The van der Waals surface area contributed by atoms with Crippen LogP contribution in [-0.2, 0) is 4.74 Å². The minimum Gasteiger partial charge on any atom is -0.462 e. The second-order valence-corrected chi connectivity index (χ2v) is 7.05. The van der Waals surface area contributed by atoms with Crippen LogP contribution in [-0.4, -0.2) is 56.2 Å². The average molecular weight is 359 g/mol. The molecule has 1 atom stereocenters. The van der Waals surface area contributed by atoms with Crippen LogP contribution in [0.2, 0.25) is 0 Å². The van der Waals surface area contributed by atoms with Gasteiger partial charge < -0.3 is 14.5 Å². The molecule has 0 amide bonds. The zero-order chi connectivity index (χ0) is 18.7. The van der Waals surface area contributed by atoms with E-state index in [4.69, 9.17) is 4.74 Å². The molecule has 1 saturated heterocycles. The summed E-state index contributed by atoms with van der Waals surface area (Å²) in [7, 11) is 4.09. The number of piperidine rings is 1. The molecule has 1 aromatic carbocycles. The molecular weight excluding hydrogens is 333 g/mol. The normalized spacial score (nSPS) is 18.1. The summed E-state index contributed by atoms with van der Waals surface area (Å²) >= 11 is 0. The lowest BCUT2D eigenvalue weighted by molar-refractivity contribution is 0.0526. The molecule has 1 aromatic heterocycles. The molecule has 1 unspecified atom stereocenters. The summed E-state index contributed by atoms with van der Waals surface area (Å²) in [6.45, 7) is 5.00. The van der Waals surface area contributed by atoms with Crippen LogP contribution in [0.3, 0.4) is 0 Å². The smallest absolute Gasteiger partial charge is 0.341 e. The van der Waals surface area contributed by atoms with Crippen molar-refractivity contribution in [1.82, 2.24) is 9.88 Å². The number of halogens is 1. The fourth-order valence-electron chi connectivity index (χ4n) is 3.82. The van der Waals surface area contributed by atoms with Crippen LogP contribution in [0.5, 0.6) is 0 Å². The van der Waals surface area contributed by atoms with Crippen molar-refractivity contribution < 1.29 is 13.9 Å². The number of nitrogens with zero attached hydrogens (tertiary/aromatic N) is 3. The van der Waals surface area contributed by atoms with Crippen molar-refractivity contribution >= 4 is 22.6 Å². The van der Waals surface area contributed by atoms with Crippen LogP contribution in [0.15, 0.2) is 24.4 Å². The van der Waals surface area contributed by atoms with Crippen molar-refractivity contribution in [1.29, 1.82) is 0 Å². The van der Waals surface area contributed by atoms with Crippen LogP contribution < -0.4 is 4.90 Å². The van der Waals surface area contributed by atoms with Crippen LogP contribution in [0.1, 0.15) is 30.1 Å². The summed E-state index contributed by atoms with van der Waals surface area (Å²) in [5, 5.41) is 0.641. The third-order valence-electron chi connectivity index (χ3n) is 4.93. The lowest BCUT2D eigenvalue weighted by Gasteiger charge is -2.34. The van der Waals surface area contributed by atoms with E-state index in [9.17, 15) is 9.18 Å². The molecule has 5 nitrogen and oxygen atoms in total. The maximum atomic E-state index is 13.9. The van der Waals surface area contributed by atoms with Gasteiger partial charge in [0.1, 0.15) is 11.4 Å². The Kier molecular flexibility index (Phi) is 5.71. The number of rotatable bonds is 5. The minimum absolute atomic E-state index is 0.288. The maximum Gasteiger partial charge on any atom is 0.341 e. The highest BCUT2D eigenvalue weighted by molar-refractivity contribution is 6.05. The lowest BCUT2D eigenvalue weighted by Crippen LogP contribution is -2.38. The van der Waals surface area contributed by atoms with Crippen molar-refractivity contribution in [2.24, 2.45) is 5.92 Å². The van der Waals surface area contributed by atoms with Crippen molar-refractivity contribution in [3.8, 4) is 0 Å². The molecule has 2 heterocycles. The summed E-state index contributed by atoms with van der Waals surface area (Å²) in [6.07, 6.45) is 3.86. The standard InChI is InChI=1S/C20H26FN3O2/c1-4-26-20(25)17-11-22-18-8-7-15(21)10-16(18)19(17)24(3)13-14-6-5-9-23(2)12-14/h7-8,10-11,14H,4-6,9,12-13H2,1-3H3. The summed E-state index contributed by atoms with van der Waals surface area (Å²) in [4.78, 5) is 21.2. The number of carbonyl (C=O) groups is 1. The molecule has 1 fully saturated rings. The molecule has 0 radical (unpaired) electrons. The fourth-order valence-corrected chi connectivity index (χ4v) is 3.82. The second kappa shape index (κ2) is 7.99. The number of hydrogen-bond acceptors (Lipinski definition) is 5. The Balaban J connectivity index is 2.00. The zero-order valence-electron chi connectivity index (χ0n) is 15.7. The fraction of sp³-hybridized carbons (Fsp3) is 0.500. The number of benzene rings is 1. The Labute approximate surface area is 153 Å². The molecule has 6 heteroatoms. The first-order valence-electron chi connectivity index (χ1n) is 9.14. The Morgan fingerprint density at radius 2 is 2.27 bits per heavy atom. The van der Waals surface area contributed by atoms with Gasteiger partial charge in [-0.15, -0.1) is 0 Å². The van der Waals surface area contributed by atoms with Gasteiger partial charge in [0.2, 0.25) is 0 Å². The molecule has 0 saturated carbocycles. The molecule has 0 bridgehead atoms. The molecule has 1 aliphatic heterocycles. The number of fused-ring (bicyclic) bond motifs is 1. The Morgan fingerprint density at radius 3 is 3.00 bits per heavy atom. The summed E-state index contributed by atoms with van der Waals surface area (Å²) in [5.74, 6) is -0.258. The highest BCUT2D eigenvalue weighted by atomic mass is 19.1. The largest absolute Gasteiger partial charge is 0.462 e. The van der Waals surface area contributed by atoms with E-state index in [0.29, 0.717) is 28.1 Å². The van der Waals surface area contributed by atoms with Crippen LogP contribution >= 0.6 is 0 Å². The van der Waals surface area contributed by atoms with Crippen LogP contribution in [0.25, 0.3) is 10.9 Å². The molecule has 0 aliphatic carbocycles. The SMILES string of the molecule is CCOC(=O)c1cnc2ccc(F)cc2c1N(C)CC1CCCN(C)C1. The van der Waals surface area contributed by atoms with Crippen molar-refractivity contribution in [3.05, 3.63) is 35.8 Å². The molecule has 140 valence electrons. The van der Waals surface area contributed by atoms with Crippen LogP contribution in [0.4, 0.5) is 10.1 Å². The number of hydrogen-bond donors (Lipinski definition) is 0. The topological polar surface area (TPSA) is 45.7 Å². The van der Waals surface area contributed by atoms with E-state index in [0.717, 1.165) is 26.1 Å². The van der Waals surface area contributed by atoms with E-state index in [-0.39, 0.29) is 12.4 Å². The lowest BCUT2D eigenvalue weighted by atomic mass is 9.97. The maximum absolute atomic E-state index is 13.9. The number of esters is 1. The van der Waals surface area contributed by atoms with Gasteiger partial charge in [-0.1, -0.05) is 0 Å². The first-order valence-corrected chi connectivity index (χ1v) is 9.14. The molecule has 2 aromatic rings. The first kappa shape index (κ1) is 18.6. The number of likely N-dealkylation sites (tertiary alicyclic amines) is 1. The number of pyridine rings is 1.